The van der Waals surface area contributed by atoms with Crippen LogP contribution in [-0.2, 0) is 22.7 Å². The first-order valence-corrected chi connectivity index (χ1v) is 7.97. The zero-order chi connectivity index (χ0) is 21.2. The monoisotopic (exact) mass is 426 g/mol. The maximum Gasteiger partial charge on any atom is 0.431 e. The summed E-state index contributed by atoms with van der Waals surface area (Å²) in [4.78, 5) is 24.4. The number of ether oxygens (including phenoxy) is 3. The third-order valence-electron chi connectivity index (χ3n) is 3.75. The van der Waals surface area contributed by atoms with Crippen molar-refractivity contribution in [3.63, 3.8) is 0 Å². The second kappa shape index (κ2) is 8.33. The SMILES string of the molecule is COC(COc1cc(-n2c(=O)cc(C(F)(F)F)n(C)c2=O)c(F)cc1Cl)OC. The fourth-order valence-corrected chi connectivity index (χ4v) is 2.51. The molecule has 0 aliphatic heterocycles. The van der Waals surface area contributed by atoms with Gasteiger partial charge in [-0.2, -0.15) is 13.2 Å². The molecule has 0 amide bonds. The number of benzene rings is 1. The highest BCUT2D eigenvalue weighted by Crippen LogP contribution is 2.30. The molecule has 0 radical (unpaired) electrons. The molecule has 1 heterocycles. The lowest BCUT2D eigenvalue weighted by Gasteiger charge is -2.17. The van der Waals surface area contributed by atoms with Gasteiger partial charge in [-0.05, 0) is 6.07 Å². The van der Waals surface area contributed by atoms with E-state index in [4.69, 9.17) is 25.8 Å². The van der Waals surface area contributed by atoms with E-state index >= 15 is 0 Å². The number of hydrogen-bond donors (Lipinski definition) is 0. The van der Waals surface area contributed by atoms with E-state index < -0.39 is 40.9 Å². The van der Waals surface area contributed by atoms with Gasteiger partial charge in [0.25, 0.3) is 5.56 Å². The first kappa shape index (κ1) is 21.9. The molecule has 7 nitrogen and oxygen atoms in total. The number of alkyl halides is 3. The van der Waals surface area contributed by atoms with Crippen molar-refractivity contribution >= 4 is 11.6 Å². The summed E-state index contributed by atoms with van der Waals surface area (Å²) in [5, 5.41) is -0.191. The minimum absolute atomic E-state index is 0.133. The predicted octanol–water partition coefficient (Wildman–Crippen LogP) is 2.35. The summed E-state index contributed by atoms with van der Waals surface area (Å²) >= 11 is 5.89. The fourth-order valence-electron chi connectivity index (χ4n) is 2.31. The van der Waals surface area contributed by atoms with E-state index in [1.54, 1.807) is 0 Å². The highest BCUT2D eigenvalue weighted by Gasteiger charge is 2.35. The zero-order valence-corrected chi connectivity index (χ0v) is 15.6. The van der Waals surface area contributed by atoms with Gasteiger partial charge in [0.1, 0.15) is 23.9 Å². The molecule has 0 atom stereocenters. The molecule has 0 unspecified atom stereocenters. The number of methoxy groups -OCH3 is 2. The topological polar surface area (TPSA) is 71.7 Å². The third-order valence-corrected chi connectivity index (χ3v) is 4.05. The van der Waals surface area contributed by atoms with Crippen LogP contribution in [0.3, 0.4) is 0 Å². The number of nitrogens with zero attached hydrogens (tertiary/aromatic N) is 2. The molecule has 28 heavy (non-hydrogen) atoms. The summed E-state index contributed by atoms with van der Waals surface area (Å²) < 4.78 is 68.8. The highest BCUT2D eigenvalue weighted by atomic mass is 35.5. The molecule has 0 fully saturated rings. The number of rotatable bonds is 6. The second-order valence-corrected chi connectivity index (χ2v) is 5.90. The lowest BCUT2D eigenvalue weighted by Crippen LogP contribution is -2.41. The Morgan fingerprint density at radius 1 is 1.14 bits per heavy atom. The second-order valence-electron chi connectivity index (χ2n) is 5.49. The Bertz CT molecular complexity index is 983. The average Bonchev–Trinajstić information content (AvgIpc) is 2.61. The van der Waals surface area contributed by atoms with E-state index in [2.05, 4.69) is 0 Å². The predicted molar refractivity (Wildman–Crippen MR) is 90.6 cm³/mol. The van der Waals surface area contributed by atoms with Crippen LogP contribution in [0.4, 0.5) is 17.6 Å². The summed E-state index contributed by atoms with van der Waals surface area (Å²) in [6.45, 7) is -0.169. The summed E-state index contributed by atoms with van der Waals surface area (Å²) in [6.07, 6.45) is -5.72. The van der Waals surface area contributed by atoms with Gasteiger partial charge in [0.2, 0.25) is 0 Å². The van der Waals surface area contributed by atoms with E-state index in [0.717, 1.165) is 19.2 Å². The Labute approximate surface area is 160 Å². The maximum absolute atomic E-state index is 14.4. The smallest absolute Gasteiger partial charge is 0.431 e. The van der Waals surface area contributed by atoms with Crippen LogP contribution in [0.5, 0.6) is 5.75 Å². The summed E-state index contributed by atoms with van der Waals surface area (Å²) in [6, 6.07) is 1.89. The molecule has 154 valence electrons. The first-order chi connectivity index (χ1) is 13.0. The molecular formula is C16H15ClF4N2O5. The van der Waals surface area contributed by atoms with E-state index in [0.29, 0.717) is 0 Å². The Morgan fingerprint density at radius 2 is 1.75 bits per heavy atom. The minimum atomic E-state index is -4.94. The Balaban J connectivity index is 2.60. The largest absolute Gasteiger partial charge is 0.487 e. The van der Waals surface area contributed by atoms with Crippen LogP contribution < -0.4 is 16.0 Å². The maximum atomic E-state index is 14.4. The van der Waals surface area contributed by atoms with Crippen LogP contribution in [0.1, 0.15) is 5.69 Å². The Kier molecular flexibility index (Phi) is 6.52. The number of aromatic nitrogens is 2. The minimum Gasteiger partial charge on any atom is -0.487 e. The molecule has 0 bridgehead atoms. The quantitative estimate of drug-likeness (QED) is 0.524. The molecule has 12 heteroatoms. The summed E-state index contributed by atoms with van der Waals surface area (Å²) in [5.41, 5.74) is -4.84. The molecular weight excluding hydrogens is 412 g/mol. The lowest BCUT2D eigenvalue weighted by molar-refractivity contribution is -0.144. The van der Waals surface area contributed by atoms with Gasteiger partial charge in [-0.1, -0.05) is 11.6 Å². The average molecular weight is 427 g/mol. The van der Waals surface area contributed by atoms with Crippen molar-refractivity contribution in [2.75, 3.05) is 20.8 Å². The molecule has 0 saturated heterocycles. The molecule has 0 spiro atoms. The van der Waals surface area contributed by atoms with Crippen LogP contribution in [0, 0.1) is 5.82 Å². The standard InChI is InChI=1S/C16H15ClF4N2O5/c1-22-12(16(19,20)21)6-13(24)23(15(22)25)10-5-11(8(17)4-9(10)18)28-7-14(26-2)27-3/h4-6,14H,7H2,1-3H3. The van der Waals surface area contributed by atoms with Gasteiger partial charge < -0.3 is 14.2 Å². The third kappa shape index (κ3) is 4.37. The molecule has 0 saturated carbocycles. The van der Waals surface area contributed by atoms with Crippen LogP contribution in [0.2, 0.25) is 5.02 Å². The molecule has 1 aromatic heterocycles. The van der Waals surface area contributed by atoms with Crippen molar-refractivity contribution in [2.45, 2.75) is 12.5 Å². The molecule has 1 aromatic carbocycles. The van der Waals surface area contributed by atoms with Crippen LogP contribution in [-0.4, -0.2) is 36.3 Å². The first-order valence-electron chi connectivity index (χ1n) is 7.59. The molecule has 2 rings (SSSR count). The summed E-state index contributed by atoms with van der Waals surface area (Å²) in [5.74, 6) is -1.24. The fraction of sp³-hybridized carbons (Fsp3) is 0.375. The van der Waals surface area contributed by atoms with Gasteiger partial charge in [0.15, 0.2) is 6.29 Å². The highest BCUT2D eigenvalue weighted by molar-refractivity contribution is 6.32. The van der Waals surface area contributed by atoms with Gasteiger partial charge >= 0.3 is 11.9 Å². The molecule has 0 aliphatic carbocycles. The van der Waals surface area contributed by atoms with Crippen molar-refractivity contribution in [3.8, 4) is 11.4 Å². The van der Waals surface area contributed by atoms with Crippen molar-refractivity contribution < 1.29 is 31.8 Å². The normalized spacial score (nSPS) is 11.9. The van der Waals surface area contributed by atoms with E-state index in [9.17, 15) is 27.2 Å². The number of hydrogen-bond acceptors (Lipinski definition) is 5. The van der Waals surface area contributed by atoms with Crippen molar-refractivity contribution in [2.24, 2.45) is 7.05 Å². The zero-order valence-electron chi connectivity index (χ0n) is 14.8. The summed E-state index contributed by atoms with van der Waals surface area (Å²) in [7, 11) is 3.51. The van der Waals surface area contributed by atoms with Crippen molar-refractivity contribution in [3.05, 3.63) is 55.6 Å². The number of halogens is 5. The van der Waals surface area contributed by atoms with E-state index in [1.807, 2.05) is 0 Å². The van der Waals surface area contributed by atoms with Crippen molar-refractivity contribution in [1.29, 1.82) is 0 Å². The van der Waals surface area contributed by atoms with Crippen LogP contribution >= 0.6 is 11.6 Å². The van der Waals surface area contributed by atoms with Gasteiger partial charge in [-0.15, -0.1) is 0 Å². The van der Waals surface area contributed by atoms with E-state index in [1.165, 1.54) is 14.2 Å². The molecule has 2 aromatic rings. The van der Waals surface area contributed by atoms with Gasteiger partial charge in [-0.25, -0.2) is 13.8 Å². The molecule has 0 N–H and O–H groups in total. The van der Waals surface area contributed by atoms with Crippen molar-refractivity contribution in [1.82, 2.24) is 9.13 Å². The van der Waals surface area contributed by atoms with Gasteiger partial charge in [0, 0.05) is 33.4 Å². The Morgan fingerprint density at radius 3 is 2.29 bits per heavy atom. The van der Waals surface area contributed by atoms with Gasteiger partial charge in [0.05, 0.1) is 10.7 Å². The van der Waals surface area contributed by atoms with Gasteiger partial charge in [-0.3, -0.25) is 9.36 Å². The lowest BCUT2D eigenvalue weighted by atomic mass is 10.2. The Hall–Kier alpha value is -2.37. The van der Waals surface area contributed by atoms with Crippen LogP contribution in [0.25, 0.3) is 5.69 Å². The van der Waals surface area contributed by atoms with E-state index in [-0.39, 0.29) is 32.6 Å². The van der Waals surface area contributed by atoms with Crippen LogP contribution in [0.15, 0.2) is 27.8 Å². The molecule has 0 aliphatic rings.